The normalized spacial score (nSPS) is 18.5. The fourth-order valence-electron chi connectivity index (χ4n) is 2.90. The van der Waals surface area contributed by atoms with Crippen molar-refractivity contribution >= 4 is 0 Å². The Labute approximate surface area is 114 Å². The molecule has 2 atom stereocenters. The Hall–Kier alpha value is -1.67. The van der Waals surface area contributed by atoms with E-state index in [0.29, 0.717) is 5.92 Å². The molecule has 1 N–H and O–H groups in total. The van der Waals surface area contributed by atoms with Crippen LogP contribution in [0.5, 0.6) is 0 Å². The third-order valence-corrected chi connectivity index (χ3v) is 4.01. The number of aryl methyl sites for hydroxylation is 1. The van der Waals surface area contributed by atoms with Crippen LogP contribution in [0.3, 0.4) is 0 Å². The first-order valence-electron chi connectivity index (χ1n) is 6.97. The highest BCUT2D eigenvalue weighted by molar-refractivity contribution is 5.39. The number of fused-ring (bicyclic) bond motifs is 1. The van der Waals surface area contributed by atoms with Crippen molar-refractivity contribution in [3.05, 3.63) is 65.5 Å². The van der Waals surface area contributed by atoms with E-state index in [1.165, 1.54) is 16.7 Å². The molecule has 1 aliphatic carbocycles. The zero-order chi connectivity index (χ0) is 13.1. The summed E-state index contributed by atoms with van der Waals surface area (Å²) >= 11 is 0. The SMILES string of the molecule is OC(CCc1cccnc1)CC1Cc2ccccc21. The first-order chi connectivity index (χ1) is 9.33. The van der Waals surface area contributed by atoms with Crippen molar-refractivity contribution in [3.8, 4) is 0 Å². The highest BCUT2D eigenvalue weighted by Crippen LogP contribution is 2.38. The summed E-state index contributed by atoms with van der Waals surface area (Å²) in [5.41, 5.74) is 4.09. The molecular formula is C17H19NO. The monoisotopic (exact) mass is 253 g/mol. The summed E-state index contributed by atoms with van der Waals surface area (Å²) in [6.45, 7) is 0. The third kappa shape index (κ3) is 2.85. The number of nitrogens with zero attached hydrogens (tertiary/aromatic N) is 1. The molecule has 3 rings (SSSR count). The second kappa shape index (κ2) is 5.54. The van der Waals surface area contributed by atoms with Crippen molar-refractivity contribution in [2.24, 2.45) is 0 Å². The van der Waals surface area contributed by atoms with Gasteiger partial charge in [-0.2, -0.15) is 0 Å². The van der Waals surface area contributed by atoms with Gasteiger partial charge in [-0.3, -0.25) is 4.98 Å². The number of benzene rings is 1. The van der Waals surface area contributed by atoms with Crippen molar-refractivity contribution in [1.29, 1.82) is 0 Å². The largest absolute Gasteiger partial charge is 0.393 e. The number of aliphatic hydroxyl groups excluding tert-OH is 1. The number of aliphatic hydroxyl groups is 1. The molecule has 1 heterocycles. The summed E-state index contributed by atoms with van der Waals surface area (Å²) in [5, 5.41) is 10.2. The fraction of sp³-hybridized carbons (Fsp3) is 0.353. The Balaban J connectivity index is 1.49. The Kier molecular flexibility index (Phi) is 3.60. The summed E-state index contributed by atoms with van der Waals surface area (Å²) < 4.78 is 0. The molecule has 0 fully saturated rings. The van der Waals surface area contributed by atoms with E-state index in [2.05, 4.69) is 35.3 Å². The van der Waals surface area contributed by atoms with E-state index in [9.17, 15) is 5.11 Å². The number of pyridine rings is 1. The maximum Gasteiger partial charge on any atom is 0.0549 e. The molecule has 19 heavy (non-hydrogen) atoms. The first-order valence-corrected chi connectivity index (χ1v) is 6.97. The highest BCUT2D eigenvalue weighted by Gasteiger charge is 2.27. The molecule has 98 valence electrons. The van der Waals surface area contributed by atoms with Gasteiger partial charge in [0.15, 0.2) is 0 Å². The number of aromatic nitrogens is 1. The highest BCUT2D eigenvalue weighted by atomic mass is 16.3. The minimum absolute atomic E-state index is 0.210. The summed E-state index contributed by atoms with van der Waals surface area (Å²) in [6.07, 6.45) is 7.19. The van der Waals surface area contributed by atoms with E-state index >= 15 is 0 Å². The molecule has 1 aromatic carbocycles. The summed E-state index contributed by atoms with van der Waals surface area (Å²) in [4.78, 5) is 4.10. The second-order valence-electron chi connectivity index (χ2n) is 5.39. The van der Waals surface area contributed by atoms with Crippen LogP contribution in [0.1, 0.15) is 35.4 Å². The van der Waals surface area contributed by atoms with Gasteiger partial charge in [0.2, 0.25) is 0 Å². The molecule has 0 aliphatic heterocycles. The lowest BCUT2D eigenvalue weighted by Crippen LogP contribution is -2.22. The predicted octanol–water partition coefficient (Wildman–Crippen LogP) is 3.11. The quantitative estimate of drug-likeness (QED) is 0.888. The Morgan fingerprint density at radius 3 is 2.89 bits per heavy atom. The molecule has 2 nitrogen and oxygen atoms in total. The standard InChI is InChI=1S/C17H19NO/c19-16(8-7-13-4-3-9-18-12-13)11-15-10-14-5-1-2-6-17(14)15/h1-6,9,12,15-16,19H,7-8,10-11H2. The molecule has 1 aromatic heterocycles. The maximum atomic E-state index is 10.2. The number of hydrogen-bond acceptors (Lipinski definition) is 2. The summed E-state index contributed by atoms with van der Waals surface area (Å²) in [5.74, 6) is 0.556. The van der Waals surface area contributed by atoms with Crippen LogP contribution in [0.15, 0.2) is 48.8 Å². The van der Waals surface area contributed by atoms with E-state index < -0.39 is 0 Å². The average molecular weight is 253 g/mol. The van der Waals surface area contributed by atoms with Crippen molar-refractivity contribution in [3.63, 3.8) is 0 Å². The van der Waals surface area contributed by atoms with Crippen LogP contribution in [0.4, 0.5) is 0 Å². The lowest BCUT2D eigenvalue weighted by molar-refractivity contribution is 0.142. The topological polar surface area (TPSA) is 33.1 Å². The van der Waals surface area contributed by atoms with Crippen LogP contribution in [0.25, 0.3) is 0 Å². The molecule has 0 saturated carbocycles. The molecular weight excluding hydrogens is 234 g/mol. The smallest absolute Gasteiger partial charge is 0.0549 e. The lowest BCUT2D eigenvalue weighted by Gasteiger charge is -2.31. The van der Waals surface area contributed by atoms with Gasteiger partial charge in [-0.15, -0.1) is 0 Å². The van der Waals surface area contributed by atoms with Crippen molar-refractivity contribution in [2.75, 3.05) is 0 Å². The van der Waals surface area contributed by atoms with Gasteiger partial charge in [0.05, 0.1) is 6.10 Å². The Morgan fingerprint density at radius 1 is 1.21 bits per heavy atom. The summed E-state index contributed by atoms with van der Waals surface area (Å²) in [6, 6.07) is 12.6. The van der Waals surface area contributed by atoms with Gasteiger partial charge in [0, 0.05) is 12.4 Å². The van der Waals surface area contributed by atoms with Gasteiger partial charge < -0.3 is 5.11 Å². The second-order valence-corrected chi connectivity index (χ2v) is 5.39. The van der Waals surface area contributed by atoms with E-state index in [1.807, 2.05) is 12.3 Å². The number of rotatable bonds is 5. The average Bonchev–Trinajstić information content (AvgIpc) is 2.44. The Bertz CT molecular complexity index is 538. The molecule has 0 saturated heterocycles. The van der Waals surface area contributed by atoms with Crippen LogP contribution in [0, 0.1) is 0 Å². The lowest BCUT2D eigenvalue weighted by atomic mass is 9.74. The van der Waals surface area contributed by atoms with Gasteiger partial charge in [-0.1, -0.05) is 30.3 Å². The molecule has 0 radical (unpaired) electrons. The molecule has 0 spiro atoms. The zero-order valence-corrected chi connectivity index (χ0v) is 11.0. The maximum absolute atomic E-state index is 10.2. The molecule has 2 heteroatoms. The van der Waals surface area contributed by atoms with E-state index in [-0.39, 0.29) is 6.10 Å². The van der Waals surface area contributed by atoms with Crippen LogP contribution in [-0.2, 0) is 12.8 Å². The summed E-state index contributed by atoms with van der Waals surface area (Å²) in [7, 11) is 0. The first kappa shape index (κ1) is 12.4. The molecule has 1 aliphatic rings. The minimum Gasteiger partial charge on any atom is -0.393 e. The predicted molar refractivity (Wildman–Crippen MR) is 76.1 cm³/mol. The van der Waals surface area contributed by atoms with Crippen LogP contribution >= 0.6 is 0 Å². The van der Waals surface area contributed by atoms with E-state index in [0.717, 1.165) is 25.7 Å². The van der Waals surface area contributed by atoms with Gasteiger partial charge in [0.25, 0.3) is 0 Å². The van der Waals surface area contributed by atoms with Crippen molar-refractivity contribution in [1.82, 2.24) is 4.98 Å². The van der Waals surface area contributed by atoms with Crippen LogP contribution in [-0.4, -0.2) is 16.2 Å². The molecule has 0 bridgehead atoms. The van der Waals surface area contributed by atoms with Gasteiger partial charge in [-0.05, 0) is 54.4 Å². The zero-order valence-electron chi connectivity index (χ0n) is 11.0. The van der Waals surface area contributed by atoms with Crippen molar-refractivity contribution < 1.29 is 5.11 Å². The minimum atomic E-state index is -0.210. The van der Waals surface area contributed by atoms with E-state index in [1.54, 1.807) is 6.20 Å². The van der Waals surface area contributed by atoms with E-state index in [4.69, 9.17) is 0 Å². The molecule has 2 unspecified atom stereocenters. The van der Waals surface area contributed by atoms with Gasteiger partial charge in [-0.25, -0.2) is 0 Å². The third-order valence-electron chi connectivity index (χ3n) is 4.01. The van der Waals surface area contributed by atoms with Crippen LogP contribution in [0.2, 0.25) is 0 Å². The van der Waals surface area contributed by atoms with Crippen molar-refractivity contribution in [2.45, 2.75) is 37.7 Å². The fourth-order valence-corrected chi connectivity index (χ4v) is 2.90. The van der Waals surface area contributed by atoms with Crippen LogP contribution < -0.4 is 0 Å². The van der Waals surface area contributed by atoms with Gasteiger partial charge in [0.1, 0.15) is 0 Å². The molecule has 0 amide bonds. The molecule has 2 aromatic rings. The van der Waals surface area contributed by atoms with Gasteiger partial charge >= 0.3 is 0 Å². The number of hydrogen-bond donors (Lipinski definition) is 1. The Morgan fingerprint density at radius 2 is 2.11 bits per heavy atom.